The first-order valence-corrected chi connectivity index (χ1v) is 11.7. The Morgan fingerprint density at radius 3 is 2.56 bits per heavy atom. The number of anilines is 1. The van der Waals surface area contributed by atoms with Crippen molar-refractivity contribution in [3.63, 3.8) is 0 Å². The summed E-state index contributed by atoms with van der Waals surface area (Å²) in [5.74, 6) is -0.643. The summed E-state index contributed by atoms with van der Waals surface area (Å²) in [5.41, 5.74) is 3.05. The highest BCUT2D eigenvalue weighted by atomic mass is 32.1. The molecule has 0 aliphatic carbocycles. The van der Waals surface area contributed by atoms with Crippen LogP contribution in [0.1, 0.15) is 56.7 Å². The average molecular weight is 479 g/mol. The van der Waals surface area contributed by atoms with Crippen LogP contribution in [-0.4, -0.2) is 28.5 Å². The molecule has 8 nitrogen and oxygen atoms in total. The smallest absolute Gasteiger partial charge is 0.350 e. The van der Waals surface area contributed by atoms with Crippen molar-refractivity contribution in [1.82, 2.24) is 9.97 Å². The highest BCUT2D eigenvalue weighted by molar-refractivity contribution is 7.17. The third-order valence-corrected chi connectivity index (χ3v) is 6.63. The van der Waals surface area contributed by atoms with E-state index < -0.39 is 11.5 Å². The van der Waals surface area contributed by atoms with Crippen molar-refractivity contribution < 1.29 is 14.3 Å². The van der Waals surface area contributed by atoms with E-state index in [1.807, 2.05) is 36.4 Å². The van der Waals surface area contributed by atoms with E-state index in [-0.39, 0.29) is 24.5 Å². The van der Waals surface area contributed by atoms with Crippen LogP contribution < -0.4 is 10.5 Å². The molecule has 0 fully saturated rings. The molecule has 34 heavy (non-hydrogen) atoms. The van der Waals surface area contributed by atoms with Gasteiger partial charge in [0.2, 0.25) is 5.91 Å². The Labute approximate surface area is 201 Å². The SMILES string of the molecule is CCOC(=O)c1sc(N(Cc2ccccc2)C(=O)CCc2c(C)[nH]c(=O)c(C#N)c2C)nc1C. The lowest BCUT2D eigenvalue weighted by Crippen LogP contribution is -2.31. The Hall–Kier alpha value is -3.77. The Balaban J connectivity index is 1.91. The molecule has 0 atom stereocenters. The summed E-state index contributed by atoms with van der Waals surface area (Å²) in [4.78, 5) is 46.9. The summed E-state index contributed by atoms with van der Waals surface area (Å²) in [6, 6.07) is 11.5. The number of carbonyl (C=O) groups is 2. The third-order valence-electron chi connectivity index (χ3n) is 5.47. The van der Waals surface area contributed by atoms with Crippen LogP contribution in [0.25, 0.3) is 0 Å². The maximum absolute atomic E-state index is 13.4. The van der Waals surface area contributed by atoms with Gasteiger partial charge in [0, 0.05) is 12.1 Å². The molecule has 3 rings (SSSR count). The number of amides is 1. The van der Waals surface area contributed by atoms with Crippen LogP contribution in [-0.2, 0) is 22.5 Å². The highest BCUT2D eigenvalue weighted by Gasteiger charge is 2.25. The largest absolute Gasteiger partial charge is 0.462 e. The molecule has 1 amide bonds. The third kappa shape index (κ3) is 5.41. The lowest BCUT2D eigenvalue weighted by atomic mass is 9.99. The molecule has 2 aromatic heterocycles. The van der Waals surface area contributed by atoms with E-state index in [9.17, 15) is 19.6 Å². The number of esters is 1. The van der Waals surface area contributed by atoms with E-state index in [1.165, 1.54) is 0 Å². The molecule has 1 aromatic carbocycles. The Morgan fingerprint density at radius 2 is 1.91 bits per heavy atom. The van der Waals surface area contributed by atoms with Gasteiger partial charge in [0.25, 0.3) is 5.56 Å². The number of pyridine rings is 1. The molecule has 0 saturated carbocycles. The van der Waals surface area contributed by atoms with Gasteiger partial charge in [-0.05, 0) is 50.8 Å². The topological polar surface area (TPSA) is 116 Å². The number of nitrogens with one attached hydrogen (secondary N) is 1. The van der Waals surface area contributed by atoms with Gasteiger partial charge in [-0.25, -0.2) is 9.78 Å². The lowest BCUT2D eigenvalue weighted by molar-refractivity contribution is -0.118. The first kappa shape index (κ1) is 24.9. The number of nitriles is 1. The molecule has 2 heterocycles. The molecule has 0 radical (unpaired) electrons. The Kier molecular flexibility index (Phi) is 7.97. The summed E-state index contributed by atoms with van der Waals surface area (Å²) in [6.45, 7) is 7.47. The molecule has 0 aliphatic rings. The summed E-state index contributed by atoms with van der Waals surface area (Å²) >= 11 is 1.13. The van der Waals surface area contributed by atoms with Crippen LogP contribution in [0.15, 0.2) is 35.1 Å². The van der Waals surface area contributed by atoms with Crippen LogP contribution >= 0.6 is 11.3 Å². The number of aryl methyl sites for hydroxylation is 2. The van der Waals surface area contributed by atoms with Crippen LogP contribution in [0.3, 0.4) is 0 Å². The highest BCUT2D eigenvalue weighted by Crippen LogP contribution is 2.29. The molecule has 9 heteroatoms. The summed E-state index contributed by atoms with van der Waals surface area (Å²) in [5, 5.41) is 9.73. The van der Waals surface area contributed by atoms with Crippen molar-refractivity contribution in [2.45, 2.75) is 47.1 Å². The van der Waals surface area contributed by atoms with Crippen molar-refractivity contribution in [3.05, 3.63) is 79.2 Å². The lowest BCUT2D eigenvalue weighted by Gasteiger charge is -2.21. The van der Waals surface area contributed by atoms with E-state index >= 15 is 0 Å². The van der Waals surface area contributed by atoms with Crippen LogP contribution in [0.4, 0.5) is 5.13 Å². The molecule has 3 aromatic rings. The molecule has 176 valence electrons. The van der Waals surface area contributed by atoms with E-state index in [0.717, 1.165) is 22.5 Å². The monoisotopic (exact) mass is 478 g/mol. The van der Waals surface area contributed by atoms with Gasteiger partial charge in [-0.15, -0.1) is 0 Å². The van der Waals surface area contributed by atoms with E-state index in [1.54, 1.807) is 32.6 Å². The quantitative estimate of drug-likeness (QED) is 0.490. The second-order valence-corrected chi connectivity index (χ2v) is 8.74. The van der Waals surface area contributed by atoms with Gasteiger partial charge in [0.1, 0.15) is 16.5 Å². The van der Waals surface area contributed by atoms with Gasteiger partial charge >= 0.3 is 5.97 Å². The van der Waals surface area contributed by atoms with Crippen molar-refractivity contribution in [2.75, 3.05) is 11.5 Å². The minimum absolute atomic E-state index is 0.0591. The molecule has 1 N–H and O–H groups in total. The molecular formula is C25H26N4O4S. The number of carbonyl (C=O) groups excluding carboxylic acids is 2. The number of ether oxygens (including phenoxy) is 1. The summed E-state index contributed by atoms with van der Waals surface area (Å²) < 4.78 is 5.12. The first-order valence-electron chi connectivity index (χ1n) is 10.9. The van der Waals surface area contributed by atoms with Crippen molar-refractivity contribution in [1.29, 1.82) is 5.26 Å². The standard InChI is InChI=1S/C25H26N4O4S/c1-5-33-24(32)22-17(4)28-25(34-22)29(14-18-9-7-6-8-10-18)21(30)12-11-19-15(2)20(13-26)23(31)27-16(19)3/h6-10H,5,11-12,14H2,1-4H3,(H,27,31). The van der Waals surface area contributed by atoms with Gasteiger partial charge in [-0.1, -0.05) is 41.7 Å². The average Bonchev–Trinajstić information content (AvgIpc) is 3.19. The van der Waals surface area contributed by atoms with Crippen molar-refractivity contribution in [3.8, 4) is 6.07 Å². The molecule has 0 spiro atoms. The fourth-order valence-electron chi connectivity index (χ4n) is 3.70. The number of nitrogens with zero attached hydrogens (tertiary/aromatic N) is 3. The number of thiazole rings is 1. The zero-order valence-corrected chi connectivity index (χ0v) is 20.4. The van der Waals surface area contributed by atoms with Crippen LogP contribution in [0, 0.1) is 32.1 Å². The minimum Gasteiger partial charge on any atom is -0.462 e. The second kappa shape index (κ2) is 10.9. The molecule has 0 bridgehead atoms. The van der Waals surface area contributed by atoms with Crippen molar-refractivity contribution >= 4 is 28.3 Å². The normalized spacial score (nSPS) is 10.6. The molecule has 0 aliphatic heterocycles. The summed E-state index contributed by atoms with van der Waals surface area (Å²) in [7, 11) is 0. The van der Waals surface area contributed by atoms with Crippen LogP contribution in [0.2, 0.25) is 0 Å². The minimum atomic E-state index is -0.459. The van der Waals surface area contributed by atoms with Gasteiger partial charge in [-0.3, -0.25) is 14.5 Å². The number of benzene rings is 1. The predicted octanol–water partition coefficient (Wildman–Crippen LogP) is 3.97. The number of H-pyrrole nitrogens is 1. The van der Waals surface area contributed by atoms with E-state index in [4.69, 9.17) is 4.74 Å². The van der Waals surface area contributed by atoms with E-state index in [0.29, 0.717) is 39.9 Å². The number of aromatic amines is 1. The maximum atomic E-state index is 13.4. The van der Waals surface area contributed by atoms with Gasteiger partial charge in [0.15, 0.2) is 5.13 Å². The zero-order valence-electron chi connectivity index (χ0n) is 19.6. The first-order chi connectivity index (χ1) is 16.3. The Morgan fingerprint density at radius 1 is 1.21 bits per heavy atom. The Bertz CT molecular complexity index is 1300. The molecule has 0 unspecified atom stereocenters. The second-order valence-electron chi connectivity index (χ2n) is 7.77. The molecular weight excluding hydrogens is 452 g/mol. The van der Waals surface area contributed by atoms with Crippen LogP contribution in [0.5, 0.6) is 0 Å². The van der Waals surface area contributed by atoms with Gasteiger partial charge in [-0.2, -0.15) is 5.26 Å². The fraction of sp³-hybridized carbons (Fsp3) is 0.320. The number of rotatable bonds is 8. The summed E-state index contributed by atoms with van der Waals surface area (Å²) in [6.07, 6.45) is 0.487. The van der Waals surface area contributed by atoms with E-state index in [2.05, 4.69) is 9.97 Å². The number of hydrogen-bond acceptors (Lipinski definition) is 7. The van der Waals surface area contributed by atoms with Gasteiger partial charge < -0.3 is 9.72 Å². The number of aromatic nitrogens is 2. The van der Waals surface area contributed by atoms with Gasteiger partial charge in [0.05, 0.1) is 18.8 Å². The van der Waals surface area contributed by atoms with Crippen molar-refractivity contribution in [2.24, 2.45) is 0 Å². The molecule has 0 saturated heterocycles. The number of hydrogen-bond donors (Lipinski definition) is 1. The fourth-order valence-corrected chi connectivity index (χ4v) is 4.68. The predicted molar refractivity (Wildman–Crippen MR) is 130 cm³/mol. The maximum Gasteiger partial charge on any atom is 0.350 e. The zero-order chi connectivity index (χ0) is 24.8.